The summed E-state index contributed by atoms with van der Waals surface area (Å²) in [6, 6.07) is 0. The molecule has 0 aromatic rings. The fourth-order valence-corrected chi connectivity index (χ4v) is 1.47. The van der Waals surface area contributed by atoms with Crippen LogP contribution in [0.2, 0.25) is 0 Å². The molecule has 76 valence electrons. The molecule has 0 bridgehead atoms. The Morgan fingerprint density at radius 2 is 2.46 bits per heavy atom. The van der Waals surface area contributed by atoms with E-state index in [1.165, 1.54) is 0 Å². The number of rotatable bonds is 2. The largest absolute Gasteiger partial charge is 0.387 e. The number of carbonyl (C=O) groups excluding carboxylic acids is 1. The van der Waals surface area contributed by atoms with Crippen LogP contribution in [0.25, 0.3) is 0 Å². The molecule has 1 atom stereocenters. The first kappa shape index (κ1) is 10.5. The molecule has 0 aromatic heterocycles. The Morgan fingerprint density at radius 3 is 3.08 bits per heavy atom. The van der Waals surface area contributed by atoms with Crippen LogP contribution in [0, 0.1) is 0 Å². The molecular formula is C9H17NO3. The van der Waals surface area contributed by atoms with Crippen molar-refractivity contribution in [3.8, 4) is 0 Å². The standard InChI is InChI=1S/C9H17NO3/c1-2-8-6-10(9(12)7-11)4-3-5-13-8/h8,11H,2-7H2,1H3. The molecule has 1 amide bonds. The summed E-state index contributed by atoms with van der Waals surface area (Å²) in [4.78, 5) is 12.9. The van der Waals surface area contributed by atoms with Gasteiger partial charge < -0.3 is 14.7 Å². The van der Waals surface area contributed by atoms with Crippen molar-refractivity contribution >= 4 is 5.91 Å². The Labute approximate surface area is 78.5 Å². The summed E-state index contributed by atoms with van der Waals surface area (Å²) in [5, 5.41) is 8.71. The molecule has 4 nitrogen and oxygen atoms in total. The van der Waals surface area contributed by atoms with E-state index in [-0.39, 0.29) is 12.0 Å². The van der Waals surface area contributed by atoms with Gasteiger partial charge in [-0.2, -0.15) is 0 Å². The summed E-state index contributed by atoms with van der Waals surface area (Å²) < 4.78 is 5.50. The molecule has 0 radical (unpaired) electrons. The Hall–Kier alpha value is -0.610. The molecule has 1 fully saturated rings. The lowest BCUT2D eigenvalue weighted by molar-refractivity contribution is -0.134. The number of aliphatic hydroxyl groups excluding tert-OH is 1. The number of hydrogen-bond donors (Lipinski definition) is 1. The quantitative estimate of drug-likeness (QED) is 0.662. The van der Waals surface area contributed by atoms with Gasteiger partial charge in [0.05, 0.1) is 6.10 Å². The fourth-order valence-electron chi connectivity index (χ4n) is 1.47. The van der Waals surface area contributed by atoms with Gasteiger partial charge in [0, 0.05) is 19.7 Å². The highest BCUT2D eigenvalue weighted by Crippen LogP contribution is 2.08. The van der Waals surface area contributed by atoms with Gasteiger partial charge in [-0.15, -0.1) is 0 Å². The summed E-state index contributed by atoms with van der Waals surface area (Å²) in [5.41, 5.74) is 0. The van der Waals surface area contributed by atoms with E-state index in [4.69, 9.17) is 9.84 Å². The van der Waals surface area contributed by atoms with Crippen LogP contribution in [-0.2, 0) is 9.53 Å². The maximum atomic E-state index is 11.2. The SMILES string of the molecule is CCC1CN(C(=O)CO)CCCO1. The molecule has 0 aromatic carbocycles. The summed E-state index contributed by atoms with van der Waals surface area (Å²) in [5.74, 6) is -0.191. The molecule has 1 saturated heterocycles. The van der Waals surface area contributed by atoms with E-state index in [1.54, 1.807) is 4.90 Å². The van der Waals surface area contributed by atoms with Gasteiger partial charge in [0.25, 0.3) is 0 Å². The monoisotopic (exact) mass is 187 g/mol. The van der Waals surface area contributed by atoms with Gasteiger partial charge in [0.15, 0.2) is 0 Å². The first-order valence-corrected chi connectivity index (χ1v) is 4.78. The van der Waals surface area contributed by atoms with E-state index in [0.717, 1.165) is 12.8 Å². The number of ether oxygens (including phenoxy) is 1. The van der Waals surface area contributed by atoms with Crippen molar-refractivity contribution < 1.29 is 14.6 Å². The molecule has 1 aliphatic rings. The molecule has 1 aliphatic heterocycles. The van der Waals surface area contributed by atoms with Gasteiger partial charge >= 0.3 is 0 Å². The Kier molecular flexibility index (Phi) is 4.18. The first-order chi connectivity index (χ1) is 6.27. The minimum absolute atomic E-state index is 0.137. The Balaban J connectivity index is 2.48. The van der Waals surface area contributed by atoms with Gasteiger partial charge in [0.1, 0.15) is 6.61 Å². The van der Waals surface area contributed by atoms with E-state index in [9.17, 15) is 4.79 Å². The second-order valence-electron chi connectivity index (χ2n) is 3.25. The van der Waals surface area contributed by atoms with Crippen molar-refractivity contribution in [2.45, 2.75) is 25.9 Å². The molecule has 1 heterocycles. The summed E-state index contributed by atoms with van der Waals surface area (Å²) in [6.45, 7) is 3.69. The van der Waals surface area contributed by atoms with Crippen molar-refractivity contribution in [3.63, 3.8) is 0 Å². The van der Waals surface area contributed by atoms with Gasteiger partial charge in [-0.1, -0.05) is 6.92 Å². The van der Waals surface area contributed by atoms with E-state index < -0.39 is 6.61 Å². The van der Waals surface area contributed by atoms with Crippen LogP contribution in [-0.4, -0.2) is 48.3 Å². The number of amides is 1. The number of hydrogen-bond acceptors (Lipinski definition) is 3. The second-order valence-corrected chi connectivity index (χ2v) is 3.25. The predicted molar refractivity (Wildman–Crippen MR) is 48.3 cm³/mol. The van der Waals surface area contributed by atoms with E-state index in [2.05, 4.69) is 0 Å². The van der Waals surface area contributed by atoms with Gasteiger partial charge in [0.2, 0.25) is 5.91 Å². The van der Waals surface area contributed by atoms with Crippen LogP contribution < -0.4 is 0 Å². The van der Waals surface area contributed by atoms with E-state index >= 15 is 0 Å². The lowest BCUT2D eigenvalue weighted by Crippen LogP contribution is -2.38. The Bertz CT molecular complexity index is 172. The van der Waals surface area contributed by atoms with E-state index in [0.29, 0.717) is 19.7 Å². The third kappa shape index (κ3) is 2.97. The normalized spacial score (nSPS) is 24.2. The molecular weight excluding hydrogens is 170 g/mol. The van der Waals surface area contributed by atoms with Crippen molar-refractivity contribution in [2.75, 3.05) is 26.3 Å². The van der Waals surface area contributed by atoms with Gasteiger partial charge in [-0.25, -0.2) is 0 Å². The van der Waals surface area contributed by atoms with Crippen LogP contribution >= 0.6 is 0 Å². The molecule has 1 rings (SSSR count). The maximum absolute atomic E-state index is 11.2. The minimum atomic E-state index is -0.392. The average molecular weight is 187 g/mol. The first-order valence-electron chi connectivity index (χ1n) is 4.78. The van der Waals surface area contributed by atoms with Crippen LogP contribution in [0.4, 0.5) is 0 Å². The number of nitrogens with zero attached hydrogens (tertiary/aromatic N) is 1. The minimum Gasteiger partial charge on any atom is -0.387 e. The molecule has 0 saturated carbocycles. The highest BCUT2D eigenvalue weighted by atomic mass is 16.5. The van der Waals surface area contributed by atoms with Crippen LogP contribution in [0.3, 0.4) is 0 Å². The Morgan fingerprint density at radius 1 is 1.69 bits per heavy atom. The topological polar surface area (TPSA) is 49.8 Å². The lowest BCUT2D eigenvalue weighted by atomic mass is 10.2. The van der Waals surface area contributed by atoms with Crippen LogP contribution in [0.1, 0.15) is 19.8 Å². The van der Waals surface area contributed by atoms with Crippen molar-refractivity contribution in [1.29, 1.82) is 0 Å². The smallest absolute Gasteiger partial charge is 0.248 e. The molecule has 13 heavy (non-hydrogen) atoms. The zero-order chi connectivity index (χ0) is 9.68. The zero-order valence-corrected chi connectivity index (χ0v) is 8.03. The van der Waals surface area contributed by atoms with Gasteiger partial charge in [-0.3, -0.25) is 4.79 Å². The highest BCUT2D eigenvalue weighted by molar-refractivity contribution is 5.77. The zero-order valence-electron chi connectivity index (χ0n) is 8.03. The van der Waals surface area contributed by atoms with Crippen molar-refractivity contribution in [1.82, 2.24) is 4.90 Å². The summed E-state index contributed by atoms with van der Waals surface area (Å²) in [7, 11) is 0. The third-order valence-corrected chi connectivity index (χ3v) is 2.29. The molecule has 1 unspecified atom stereocenters. The summed E-state index contributed by atoms with van der Waals surface area (Å²) >= 11 is 0. The molecule has 1 N–H and O–H groups in total. The van der Waals surface area contributed by atoms with Crippen LogP contribution in [0.15, 0.2) is 0 Å². The van der Waals surface area contributed by atoms with Crippen molar-refractivity contribution in [3.05, 3.63) is 0 Å². The lowest BCUT2D eigenvalue weighted by Gasteiger charge is -2.22. The van der Waals surface area contributed by atoms with Gasteiger partial charge in [-0.05, 0) is 12.8 Å². The predicted octanol–water partition coefficient (Wildman–Crippen LogP) is 0.00620. The average Bonchev–Trinajstić information content (AvgIpc) is 2.41. The number of aliphatic hydroxyl groups is 1. The second kappa shape index (κ2) is 5.19. The van der Waals surface area contributed by atoms with Crippen LogP contribution in [0.5, 0.6) is 0 Å². The molecule has 0 aliphatic carbocycles. The third-order valence-electron chi connectivity index (χ3n) is 2.29. The fraction of sp³-hybridized carbons (Fsp3) is 0.889. The molecule has 0 spiro atoms. The highest BCUT2D eigenvalue weighted by Gasteiger charge is 2.20. The number of carbonyl (C=O) groups is 1. The summed E-state index contributed by atoms with van der Waals surface area (Å²) in [6.07, 6.45) is 1.91. The van der Waals surface area contributed by atoms with E-state index in [1.807, 2.05) is 6.92 Å². The maximum Gasteiger partial charge on any atom is 0.248 e. The van der Waals surface area contributed by atoms with Crippen molar-refractivity contribution in [2.24, 2.45) is 0 Å². The molecule has 4 heteroatoms.